The van der Waals surface area contributed by atoms with Crippen molar-refractivity contribution in [3.63, 3.8) is 0 Å². The number of aliphatic hydroxyl groups excluding tert-OH is 2. The Morgan fingerprint density at radius 3 is 1.28 bits per heavy atom. The van der Waals surface area contributed by atoms with Gasteiger partial charge in [0.15, 0.2) is 0 Å². The van der Waals surface area contributed by atoms with Crippen LogP contribution in [0.2, 0.25) is 0 Å². The van der Waals surface area contributed by atoms with E-state index in [0.29, 0.717) is 0 Å². The summed E-state index contributed by atoms with van der Waals surface area (Å²) in [5.74, 6) is -0.0185. The number of hydrogen-bond donors (Lipinski definition) is 2. The van der Waals surface area contributed by atoms with Crippen molar-refractivity contribution < 1.29 is 30.3 Å². The van der Waals surface area contributed by atoms with Crippen molar-refractivity contribution in [2.75, 3.05) is 0 Å². The number of fused-ring (bicyclic) bond motifs is 2. The average molecular weight is 731 g/mol. The van der Waals surface area contributed by atoms with E-state index in [9.17, 15) is 0 Å². The monoisotopic (exact) mass is 731 g/mol. The van der Waals surface area contributed by atoms with Crippen LogP contribution in [-0.2, 0) is 20.1 Å². The number of thiophene rings is 2. The van der Waals surface area contributed by atoms with Gasteiger partial charge >= 0.3 is 0 Å². The minimum Gasteiger partial charge on any atom is -0.393 e. The van der Waals surface area contributed by atoms with Crippen LogP contribution >= 0.6 is 22.7 Å². The van der Waals surface area contributed by atoms with Crippen molar-refractivity contribution in [1.29, 1.82) is 0 Å². The Hall–Kier alpha value is -2.77. The molecule has 0 fully saturated rings. The summed E-state index contributed by atoms with van der Waals surface area (Å²) < 4.78 is 2.52. The molecule has 0 saturated carbocycles. The molecule has 6 aromatic rings. The molecule has 0 saturated heterocycles. The second kappa shape index (κ2) is 15.1. The molecule has 203 valence electrons. The van der Waals surface area contributed by atoms with E-state index in [4.69, 9.17) is 10.2 Å². The fourth-order valence-corrected chi connectivity index (χ4v) is 5.43. The average Bonchev–Trinajstić information content (AvgIpc) is 3.59. The molecule has 0 aliphatic heterocycles. The van der Waals surface area contributed by atoms with E-state index in [2.05, 4.69) is 58.5 Å². The number of aromatic nitrogens is 2. The molecule has 0 aliphatic rings. The van der Waals surface area contributed by atoms with Gasteiger partial charge in [-0.3, -0.25) is 0 Å². The fraction of sp³-hybridized carbons (Fsp3) is 0.188. The fourth-order valence-electron chi connectivity index (χ4n) is 3.46. The largest absolute Gasteiger partial charge is 0.393 e. The van der Waals surface area contributed by atoms with Crippen LogP contribution in [0.15, 0.2) is 97.3 Å². The van der Waals surface area contributed by atoms with Gasteiger partial charge in [0.05, 0.1) is 12.2 Å². The second-order valence-corrected chi connectivity index (χ2v) is 11.0. The molecule has 39 heavy (non-hydrogen) atoms. The van der Waals surface area contributed by atoms with Gasteiger partial charge in [-0.05, 0) is 45.1 Å². The summed E-state index contributed by atoms with van der Waals surface area (Å²) in [6.45, 7) is 5.17. The quantitative estimate of drug-likeness (QED) is 0.181. The SMILES string of the molecule is CC(O)C(C)C(C)O.[Ir].[c-]1c(-c2ccccn2)sc2ccccc12.[c-]1c(-c2ccccn2)sc2ccccc12. The number of aliphatic hydroxyl groups is 2. The maximum Gasteiger partial charge on any atom is 0.0562 e. The molecule has 1 radical (unpaired) electrons. The van der Waals surface area contributed by atoms with E-state index in [1.807, 2.05) is 67.8 Å². The van der Waals surface area contributed by atoms with Crippen molar-refractivity contribution in [2.24, 2.45) is 5.92 Å². The maximum atomic E-state index is 8.83. The summed E-state index contributed by atoms with van der Waals surface area (Å²) in [5, 5.41) is 20.0. The Balaban J connectivity index is 0.000000168. The predicted octanol–water partition coefficient (Wildman–Crippen LogP) is 7.91. The molecule has 2 atom stereocenters. The van der Waals surface area contributed by atoms with E-state index in [1.165, 1.54) is 20.2 Å². The smallest absolute Gasteiger partial charge is 0.0562 e. The zero-order valence-corrected chi connectivity index (χ0v) is 25.9. The van der Waals surface area contributed by atoms with Crippen molar-refractivity contribution in [2.45, 2.75) is 33.0 Å². The summed E-state index contributed by atoms with van der Waals surface area (Å²) in [7, 11) is 0. The third-order valence-corrected chi connectivity index (χ3v) is 8.19. The van der Waals surface area contributed by atoms with Gasteiger partial charge in [-0.2, -0.15) is 0 Å². The van der Waals surface area contributed by atoms with Gasteiger partial charge in [0.1, 0.15) is 0 Å². The van der Waals surface area contributed by atoms with Crippen LogP contribution in [0.4, 0.5) is 0 Å². The summed E-state index contributed by atoms with van der Waals surface area (Å²) in [6.07, 6.45) is 2.81. The maximum absolute atomic E-state index is 8.83. The summed E-state index contributed by atoms with van der Waals surface area (Å²) in [5.41, 5.74) is 2.00. The minimum atomic E-state index is -0.407. The van der Waals surface area contributed by atoms with Gasteiger partial charge in [0.2, 0.25) is 0 Å². The zero-order chi connectivity index (χ0) is 26.9. The Morgan fingerprint density at radius 1 is 0.590 bits per heavy atom. The van der Waals surface area contributed by atoms with Crippen LogP contribution in [-0.4, -0.2) is 32.4 Å². The first kappa shape index (κ1) is 30.8. The summed E-state index contributed by atoms with van der Waals surface area (Å²) in [4.78, 5) is 10.9. The normalized spacial score (nSPS) is 12.7. The molecule has 4 nitrogen and oxygen atoms in total. The topological polar surface area (TPSA) is 66.2 Å². The van der Waals surface area contributed by atoms with Gasteiger partial charge < -0.3 is 20.2 Å². The van der Waals surface area contributed by atoms with Gasteiger partial charge in [-0.1, -0.05) is 55.5 Å². The molecular weight excluding hydrogens is 701 g/mol. The summed E-state index contributed by atoms with van der Waals surface area (Å²) >= 11 is 3.46. The van der Waals surface area contributed by atoms with Crippen LogP contribution in [0.25, 0.3) is 41.3 Å². The van der Waals surface area contributed by atoms with Crippen LogP contribution in [0.5, 0.6) is 0 Å². The Bertz CT molecular complexity index is 1370. The second-order valence-electron chi connectivity index (χ2n) is 8.87. The van der Waals surface area contributed by atoms with E-state index in [1.54, 1.807) is 36.5 Å². The molecule has 0 spiro atoms. The van der Waals surface area contributed by atoms with Crippen molar-refractivity contribution in [3.05, 3.63) is 109 Å². The molecule has 4 heterocycles. The molecule has 0 bridgehead atoms. The molecule has 2 aromatic carbocycles. The van der Waals surface area contributed by atoms with Crippen molar-refractivity contribution in [3.8, 4) is 21.1 Å². The molecule has 7 heteroatoms. The van der Waals surface area contributed by atoms with Crippen LogP contribution in [0, 0.1) is 18.1 Å². The number of nitrogens with zero attached hydrogens (tertiary/aromatic N) is 2. The number of benzene rings is 2. The number of hydrogen-bond acceptors (Lipinski definition) is 6. The first-order chi connectivity index (χ1) is 18.4. The van der Waals surface area contributed by atoms with Gasteiger partial charge in [-0.25, -0.2) is 22.7 Å². The summed E-state index contributed by atoms with van der Waals surface area (Å²) in [6, 6.07) is 35.2. The zero-order valence-electron chi connectivity index (χ0n) is 21.9. The third kappa shape index (κ3) is 8.61. The molecule has 0 aliphatic carbocycles. The Morgan fingerprint density at radius 2 is 0.974 bits per heavy atom. The molecule has 6 rings (SSSR count). The van der Waals surface area contributed by atoms with Gasteiger partial charge in [-0.15, -0.1) is 47.2 Å². The van der Waals surface area contributed by atoms with E-state index >= 15 is 0 Å². The molecule has 2 N–H and O–H groups in total. The number of pyridine rings is 2. The third-order valence-electron chi connectivity index (χ3n) is 6.01. The number of rotatable bonds is 4. The molecule has 4 aromatic heterocycles. The molecule has 0 amide bonds. The van der Waals surface area contributed by atoms with Crippen LogP contribution < -0.4 is 0 Å². The van der Waals surface area contributed by atoms with E-state index < -0.39 is 12.2 Å². The first-order valence-corrected chi connectivity index (χ1v) is 14.1. The van der Waals surface area contributed by atoms with Gasteiger partial charge in [0.25, 0.3) is 0 Å². The van der Waals surface area contributed by atoms with E-state index in [-0.39, 0.29) is 26.0 Å². The van der Waals surface area contributed by atoms with Gasteiger partial charge in [0, 0.05) is 49.8 Å². The standard InChI is InChI=1S/2C13H8NS.C6H14O2.Ir/c2*1-2-7-12-10(5-1)9-13(15-12)11-6-3-4-8-14-11;1-4(5(2)7)6(3)8;/h2*1-8H;4-8H,1-3H3;/q2*-1;;. The molecular formula is C32H30IrN2O2S2-2. The van der Waals surface area contributed by atoms with E-state index in [0.717, 1.165) is 21.1 Å². The van der Waals surface area contributed by atoms with Crippen molar-refractivity contribution >= 4 is 42.8 Å². The van der Waals surface area contributed by atoms with Crippen molar-refractivity contribution in [1.82, 2.24) is 9.97 Å². The predicted molar refractivity (Wildman–Crippen MR) is 160 cm³/mol. The van der Waals surface area contributed by atoms with Crippen LogP contribution in [0.3, 0.4) is 0 Å². The Labute approximate surface area is 251 Å². The Kier molecular flexibility index (Phi) is 11.9. The van der Waals surface area contributed by atoms with Crippen LogP contribution in [0.1, 0.15) is 20.8 Å². The molecule has 2 unspecified atom stereocenters. The first-order valence-electron chi connectivity index (χ1n) is 12.4. The minimum absolute atomic E-state index is 0.